The van der Waals surface area contributed by atoms with Crippen molar-refractivity contribution in [3.63, 3.8) is 0 Å². The second-order valence-corrected chi connectivity index (χ2v) is 12.0. The lowest BCUT2D eigenvalue weighted by atomic mass is 9.86. The summed E-state index contributed by atoms with van der Waals surface area (Å²) >= 11 is 6.09. The van der Waals surface area contributed by atoms with Crippen LogP contribution in [-0.4, -0.2) is 57.0 Å². The number of aromatic nitrogens is 2. The van der Waals surface area contributed by atoms with Gasteiger partial charge in [0.1, 0.15) is 11.2 Å². The summed E-state index contributed by atoms with van der Waals surface area (Å²) in [5.74, 6) is -0.998. The molecule has 1 aliphatic heterocycles. The number of rotatable bonds is 4. The Morgan fingerprint density at radius 1 is 1.05 bits per heavy atom. The van der Waals surface area contributed by atoms with Crippen molar-refractivity contribution in [1.82, 2.24) is 14.9 Å². The number of fused-ring (bicyclic) bond motifs is 1. The SMILES string of the molecule is CC(C)(C)c1cc(-c2ccc(Cl)cc2)nc2cc(C(=O)N3CCN(c4ccc(C(=O)O)nc4)CC3(C)C)oc12. The van der Waals surface area contributed by atoms with Crippen LogP contribution in [0.3, 0.4) is 0 Å². The highest BCUT2D eigenvalue weighted by molar-refractivity contribution is 6.30. The molecule has 1 aliphatic rings. The van der Waals surface area contributed by atoms with E-state index < -0.39 is 11.5 Å². The Balaban J connectivity index is 1.45. The van der Waals surface area contributed by atoms with Crippen LogP contribution in [0.25, 0.3) is 22.4 Å². The Kier molecular flexibility index (Phi) is 6.63. The Labute approximate surface area is 232 Å². The molecule has 1 amide bonds. The number of furan rings is 1. The third kappa shape index (κ3) is 5.21. The topological polar surface area (TPSA) is 99.8 Å². The third-order valence-electron chi connectivity index (χ3n) is 7.12. The number of anilines is 1. The largest absolute Gasteiger partial charge is 0.477 e. The molecular formula is C30H31ClN4O4. The number of pyridine rings is 2. The van der Waals surface area contributed by atoms with Crippen LogP contribution in [-0.2, 0) is 5.41 Å². The maximum atomic E-state index is 13.8. The first-order valence-corrected chi connectivity index (χ1v) is 13.2. The predicted molar refractivity (Wildman–Crippen MR) is 152 cm³/mol. The van der Waals surface area contributed by atoms with E-state index in [0.717, 1.165) is 22.5 Å². The van der Waals surface area contributed by atoms with E-state index in [1.54, 1.807) is 18.3 Å². The number of carboxylic acids is 1. The third-order valence-corrected chi connectivity index (χ3v) is 7.37. The van der Waals surface area contributed by atoms with Crippen LogP contribution in [0, 0.1) is 0 Å². The first-order chi connectivity index (χ1) is 18.3. The Hall–Kier alpha value is -3.91. The molecule has 9 heteroatoms. The predicted octanol–water partition coefficient (Wildman–Crippen LogP) is 6.28. The van der Waals surface area contributed by atoms with Crippen molar-refractivity contribution in [1.29, 1.82) is 0 Å². The van der Waals surface area contributed by atoms with Crippen LogP contribution in [0.5, 0.6) is 0 Å². The van der Waals surface area contributed by atoms with Crippen molar-refractivity contribution in [2.45, 2.75) is 45.6 Å². The maximum absolute atomic E-state index is 13.8. The molecule has 4 heterocycles. The van der Waals surface area contributed by atoms with Gasteiger partial charge >= 0.3 is 5.97 Å². The summed E-state index contributed by atoms with van der Waals surface area (Å²) in [5, 5.41) is 9.79. The molecule has 0 saturated carbocycles. The number of carboxylic acid groups (broad SMARTS) is 1. The van der Waals surface area contributed by atoms with E-state index in [1.807, 2.05) is 49.1 Å². The molecule has 39 heavy (non-hydrogen) atoms. The van der Waals surface area contributed by atoms with Crippen LogP contribution in [0.1, 0.15) is 61.2 Å². The van der Waals surface area contributed by atoms with Gasteiger partial charge in [0.15, 0.2) is 11.3 Å². The van der Waals surface area contributed by atoms with E-state index in [9.17, 15) is 9.59 Å². The summed E-state index contributed by atoms with van der Waals surface area (Å²) in [7, 11) is 0. The van der Waals surface area contributed by atoms with Gasteiger partial charge in [-0.25, -0.2) is 14.8 Å². The number of piperazine rings is 1. The molecule has 1 N–H and O–H groups in total. The lowest BCUT2D eigenvalue weighted by molar-refractivity contribution is 0.0483. The molecule has 1 fully saturated rings. The fourth-order valence-electron chi connectivity index (χ4n) is 5.04. The molecular weight excluding hydrogens is 516 g/mol. The standard InChI is InChI=1S/C30H31ClN4O4/c1-29(2,3)21-14-23(18-6-8-19(31)9-7-18)33-24-15-25(39-26(21)24)27(36)35-13-12-34(17-30(35,4)5)20-10-11-22(28(37)38)32-16-20/h6-11,14-16H,12-13,17H2,1-5H3,(H,37,38). The van der Waals surface area contributed by atoms with Gasteiger partial charge in [-0.05, 0) is 49.6 Å². The van der Waals surface area contributed by atoms with E-state index in [1.165, 1.54) is 6.07 Å². The molecule has 5 rings (SSSR count). The van der Waals surface area contributed by atoms with Crippen LogP contribution in [0.15, 0.2) is 59.1 Å². The van der Waals surface area contributed by atoms with Crippen LogP contribution in [0.2, 0.25) is 5.02 Å². The normalized spacial score (nSPS) is 15.5. The number of carbonyl (C=O) groups excluding carboxylic acids is 1. The van der Waals surface area contributed by atoms with Crippen LogP contribution >= 0.6 is 11.6 Å². The van der Waals surface area contributed by atoms with Gasteiger partial charge in [0.05, 0.1) is 23.1 Å². The molecule has 0 atom stereocenters. The van der Waals surface area contributed by atoms with Crippen molar-refractivity contribution in [2.75, 3.05) is 24.5 Å². The van der Waals surface area contributed by atoms with Gasteiger partial charge in [0, 0.05) is 41.9 Å². The zero-order valence-electron chi connectivity index (χ0n) is 22.7. The summed E-state index contributed by atoms with van der Waals surface area (Å²) in [6, 6.07) is 14.5. The van der Waals surface area contributed by atoms with E-state index in [4.69, 9.17) is 26.1 Å². The van der Waals surface area contributed by atoms with Crippen molar-refractivity contribution >= 4 is 40.3 Å². The van der Waals surface area contributed by atoms with Gasteiger partial charge in [-0.15, -0.1) is 0 Å². The second kappa shape index (κ2) is 9.68. The van der Waals surface area contributed by atoms with Crippen LogP contribution < -0.4 is 4.90 Å². The molecule has 3 aromatic heterocycles. The highest BCUT2D eigenvalue weighted by atomic mass is 35.5. The number of hydrogen-bond acceptors (Lipinski definition) is 6. The number of hydrogen-bond donors (Lipinski definition) is 1. The van der Waals surface area contributed by atoms with Crippen molar-refractivity contribution in [3.8, 4) is 11.3 Å². The first-order valence-electron chi connectivity index (χ1n) is 12.8. The highest BCUT2D eigenvalue weighted by Crippen LogP contribution is 2.36. The maximum Gasteiger partial charge on any atom is 0.354 e. The molecule has 4 aromatic rings. The van der Waals surface area contributed by atoms with Crippen LogP contribution in [0.4, 0.5) is 5.69 Å². The van der Waals surface area contributed by atoms with Gasteiger partial charge in [0.25, 0.3) is 5.91 Å². The molecule has 0 radical (unpaired) electrons. The monoisotopic (exact) mass is 546 g/mol. The zero-order valence-corrected chi connectivity index (χ0v) is 23.4. The highest BCUT2D eigenvalue weighted by Gasteiger charge is 2.39. The average Bonchev–Trinajstić information content (AvgIpc) is 3.31. The number of amides is 1. The fraction of sp³-hybridized carbons (Fsp3) is 0.333. The number of aromatic carboxylic acids is 1. The minimum Gasteiger partial charge on any atom is -0.477 e. The average molecular weight is 547 g/mol. The number of nitrogens with zero attached hydrogens (tertiary/aromatic N) is 4. The molecule has 0 bridgehead atoms. The van der Waals surface area contributed by atoms with E-state index in [2.05, 4.69) is 30.7 Å². The van der Waals surface area contributed by atoms with E-state index >= 15 is 0 Å². The summed E-state index contributed by atoms with van der Waals surface area (Å²) in [6.45, 7) is 12.0. The minimum atomic E-state index is -1.06. The lowest BCUT2D eigenvalue weighted by Gasteiger charge is -2.47. The lowest BCUT2D eigenvalue weighted by Crippen LogP contribution is -2.61. The molecule has 0 spiro atoms. The van der Waals surface area contributed by atoms with Crippen molar-refractivity contribution in [2.24, 2.45) is 0 Å². The quantitative estimate of drug-likeness (QED) is 0.321. The van der Waals surface area contributed by atoms with E-state index in [0.29, 0.717) is 35.8 Å². The Morgan fingerprint density at radius 2 is 1.77 bits per heavy atom. The molecule has 8 nitrogen and oxygen atoms in total. The summed E-state index contributed by atoms with van der Waals surface area (Å²) in [5.41, 5.74) is 4.00. The molecule has 0 unspecified atom stereocenters. The zero-order chi connectivity index (χ0) is 28.1. The minimum absolute atomic E-state index is 0.000773. The molecule has 202 valence electrons. The number of halogens is 1. The number of benzene rings is 1. The molecule has 0 aliphatic carbocycles. The van der Waals surface area contributed by atoms with Gasteiger partial charge in [0.2, 0.25) is 0 Å². The summed E-state index contributed by atoms with van der Waals surface area (Å²) < 4.78 is 6.24. The van der Waals surface area contributed by atoms with E-state index in [-0.39, 0.29) is 22.8 Å². The smallest absolute Gasteiger partial charge is 0.354 e. The van der Waals surface area contributed by atoms with Gasteiger partial charge in [-0.1, -0.05) is 44.5 Å². The second-order valence-electron chi connectivity index (χ2n) is 11.5. The Morgan fingerprint density at radius 3 is 2.36 bits per heavy atom. The summed E-state index contributed by atoms with van der Waals surface area (Å²) in [4.78, 5) is 37.8. The first kappa shape index (κ1) is 26.7. The fourth-order valence-corrected chi connectivity index (χ4v) is 5.16. The van der Waals surface area contributed by atoms with Gasteiger partial charge in [-0.3, -0.25) is 4.79 Å². The van der Waals surface area contributed by atoms with Crippen molar-refractivity contribution in [3.05, 3.63) is 76.8 Å². The van der Waals surface area contributed by atoms with Crippen molar-refractivity contribution < 1.29 is 19.1 Å². The Bertz CT molecular complexity index is 1550. The summed E-state index contributed by atoms with van der Waals surface area (Å²) in [6.07, 6.45) is 1.56. The van der Waals surface area contributed by atoms with Gasteiger partial charge in [-0.2, -0.15) is 0 Å². The molecule has 1 saturated heterocycles. The number of carbonyl (C=O) groups is 2. The van der Waals surface area contributed by atoms with Gasteiger partial charge < -0.3 is 19.3 Å². The molecule has 1 aromatic carbocycles.